The number of likely N-dealkylation sites (N-methyl/N-ethyl adjacent to an activating group) is 1. The molecule has 0 radical (unpaired) electrons. The monoisotopic (exact) mass is 296 g/mol. The molecule has 0 aliphatic heterocycles. The number of rotatable bonds is 8. The number of furan rings is 1. The molecule has 1 unspecified atom stereocenters. The lowest BCUT2D eigenvalue weighted by Gasteiger charge is -2.26. The second-order valence-electron chi connectivity index (χ2n) is 6.05. The van der Waals surface area contributed by atoms with Crippen LogP contribution in [-0.4, -0.2) is 44.7 Å². The van der Waals surface area contributed by atoms with Gasteiger partial charge >= 0.3 is 5.97 Å². The zero-order chi connectivity index (χ0) is 16.0. The number of hydrogen-bond acceptors (Lipinski definition) is 5. The van der Waals surface area contributed by atoms with Crippen LogP contribution in [0.3, 0.4) is 0 Å². The van der Waals surface area contributed by atoms with Crippen molar-refractivity contribution >= 4 is 5.97 Å². The predicted molar refractivity (Wildman–Crippen MR) is 83.4 cm³/mol. The van der Waals surface area contributed by atoms with Gasteiger partial charge in [0.05, 0.1) is 13.7 Å². The molecule has 0 spiro atoms. The zero-order valence-electron chi connectivity index (χ0n) is 14.0. The van der Waals surface area contributed by atoms with Gasteiger partial charge in [0.2, 0.25) is 0 Å². The molecule has 1 heterocycles. The predicted octanol–water partition coefficient (Wildman–Crippen LogP) is 2.44. The third kappa shape index (κ3) is 5.52. The summed E-state index contributed by atoms with van der Waals surface area (Å²) >= 11 is 0. The van der Waals surface area contributed by atoms with E-state index in [-0.39, 0.29) is 5.97 Å². The van der Waals surface area contributed by atoms with Gasteiger partial charge in [-0.05, 0) is 39.4 Å². The lowest BCUT2D eigenvalue weighted by molar-refractivity contribution is 0.0599. The summed E-state index contributed by atoms with van der Waals surface area (Å²) in [7, 11) is 5.57. The Balaban J connectivity index is 2.53. The quantitative estimate of drug-likeness (QED) is 0.747. The number of nitrogens with one attached hydrogen (secondary N) is 1. The molecule has 120 valence electrons. The summed E-state index contributed by atoms with van der Waals surface area (Å²) in [5, 5.41) is 3.40. The summed E-state index contributed by atoms with van der Waals surface area (Å²) in [6, 6.07) is 2.24. The van der Waals surface area contributed by atoms with Crippen LogP contribution in [0.15, 0.2) is 10.5 Å². The summed E-state index contributed by atoms with van der Waals surface area (Å²) < 4.78 is 10.3. The van der Waals surface area contributed by atoms with Crippen LogP contribution in [0, 0.1) is 12.8 Å². The lowest BCUT2D eigenvalue weighted by atomic mass is 10.0. The molecule has 5 heteroatoms. The number of carbonyl (C=O) groups is 1. The Morgan fingerprint density at radius 1 is 1.43 bits per heavy atom. The first-order valence-electron chi connectivity index (χ1n) is 7.39. The molecule has 1 atom stereocenters. The maximum atomic E-state index is 11.5. The van der Waals surface area contributed by atoms with E-state index in [1.165, 1.54) is 7.11 Å². The number of ether oxygens (including phenoxy) is 1. The molecule has 0 fully saturated rings. The van der Waals surface area contributed by atoms with Gasteiger partial charge in [-0.1, -0.05) is 13.8 Å². The smallest absolute Gasteiger partial charge is 0.341 e. The Kier molecular flexibility index (Phi) is 6.92. The fraction of sp³-hybridized carbons (Fsp3) is 0.688. The Hall–Kier alpha value is -1.33. The molecule has 0 saturated carbocycles. The van der Waals surface area contributed by atoms with E-state index in [0.717, 1.165) is 18.7 Å². The summed E-state index contributed by atoms with van der Waals surface area (Å²) in [6.45, 7) is 7.74. The Labute approximate surface area is 127 Å². The highest BCUT2D eigenvalue weighted by Crippen LogP contribution is 2.15. The third-order valence-electron chi connectivity index (χ3n) is 3.53. The van der Waals surface area contributed by atoms with E-state index in [4.69, 9.17) is 9.15 Å². The van der Waals surface area contributed by atoms with E-state index in [9.17, 15) is 4.79 Å². The van der Waals surface area contributed by atoms with E-state index in [1.807, 2.05) is 0 Å². The molecule has 0 saturated heterocycles. The van der Waals surface area contributed by atoms with Crippen molar-refractivity contribution in [3.63, 3.8) is 0 Å². The highest BCUT2D eigenvalue weighted by Gasteiger charge is 2.16. The molecule has 0 amide bonds. The summed E-state index contributed by atoms with van der Waals surface area (Å²) in [4.78, 5) is 13.8. The van der Waals surface area contributed by atoms with Gasteiger partial charge in [0.15, 0.2) is 0 Å². The van der Waals surface area contributed by atoms with Crippen molar-refractivity contribution in [2.24, 2.45) is 5.92 Å². The molecule has 0 aromatic carbocycles. The van der Waals surface area contributed by atoms with E-state index in [1.54, 1.807) is 13.0 Å². The van der Waals surface area contributed by atoms with Crippen LogP contribution in [0.4, 0.5) is 0 Å². The number of carbonyl (C=O) groups excluding carboxylic acids is 1. The van der Waals surface area contributed by atoms with Crippen molar-refractivity contribution in [2.75, 3.05) is 27.7 Å². The highest BCUT2D eigenvalue weighted by atomic mass is 16.5. The minimum atomic E-state index is -0.353. The van der Waals surface area contributed by atoms with E-state index in [2.05, 4.69) is 38.2 Å². The number of methoxy groups -OCH3 is 1. The molecule has 0 aliphatic carbocycles. The first-order chi connectivity index (χ1) is 9.85. The standard InChI is InChI=1S/C16H28N2O3/c1-11(2)7-13(18(4)5)9-17-10-14-8-15(12(3)21-14)16(19)20-6/h8,11,13,17H,7,9-10H2,1-6H3. The second-order valence-corrected chi connectivity index (χ2v) is 6.05. The summed E-state index contributed by atoms with van der Waals surface area (Å²) in [5.74, 6) is 1.67. The molecule has 21 heavy (non-hydrogen) atoms. The van der Waals surface area contributed by atoms with Crippen molar-refractivity contribution in [3.05, 3.63) is 23.2 Å². The van der Waals surface area contributed by atoms with Crippen molar-refractivity contribution < 1.29 is 13.9 Å². The van der Waals surface area contributed by atoms with Gasteiger partial charge in [-0.15, -0.1) is 0 Å². The summed E-state index contributed by atoms with van der Waals surface area (Å²) in [5.41, 5.74) is 0.501. The second kappa shape index (κ2) is 8.20. The Morgan fingerprint density at radius 3 is 2.62 bits per heavy atom. The number of aryl methyl sites for hydroxylation is 1. The number of nitrogens with zero attached hydrogens (tertiary/aromatic N) is 1. The van der Waals surface area contributed by atoms with Crippen LogP contribution in [0.1, 0.15) is 42.1 Å². The molecular weight excluding hydrogens is 268 g/mol. The van der Waals surface area contributed by atoms with Gasteiger partial charge in [0.1, 0.15) is 17.1 Å². The molecule has 1 aromatic rings. The normalized spacial score (nSPS) is 13.0. The van der Waals surface area contributed by atoms with E-state index in [0.29, 0.717) is 29.8 Å². The minimum Gasteiger partial charge on any atom is -0.465 e. The third-order valence-corrected chi connectivity index (χ3v) is 3.53. The largest absolute Gasteiger partial charge is 0.465 e. The number of hydrogen-bond donors (Lipinski definition) is 1. The molecular formula is C16H28N2O3. The molecule has 1 aromatic heterocycles. The lowest BCUT2D eigenvalue weighted by Crippen LogP contribution is -2.38. The van der Waals surface area contributed by atoms with Crippen molar-refractivity contribution in [3.8, 4) is 0 Å². The van der Waals surface area contributed by atoms with Crippen LogP contribution >= 0.6 is 0 Å². The van der Waals surface area contributed by atoms with E-state index >= 15 is 0 Å². The maximum absolute atomic E-state index is 11.5. The Morgan fingerprint density at radius 2 is 2.10 bits per heavy atom. The average molecular weight is 296 g/mol. The minimum absolute atomic E-state index is 0.353. The average Bonchev–Trinajstić information content (AvgIpc) is 2.77. The first-order valence-corrected chi connectivity index (χ1v) is 7.39. The van der Waals surface area contributed by atoms with Gasteiger partial charge < -0.3 is 19.4 Å². The Bertz CT molecular complexity index is 452. The summed E-state index contributed by atoms with van der Waals surface area (Å²) in [6.07, 6.45) is 1.14. The maximum Gasteiger partial charge on any atom is 0.341 e. The number of esters is 1. The van der Waals surface area contributed by atoms with Crippen molar-refractivity contribution in [2.45, 2.75) is 39.8 Å². The highest BCUT2D eigenvalue weighted by molar-refractivity contribution is 5.90. The van der Waals surface area contributed by atoms with Gasteiger partial charge in [0, 0.05) is 12.6 Å². The van der Waals surface area contributed by atoms with Crippen LogP contribution in [0.5, 0.6) is 0 Å². The molecule has 1 N–H and O–H groups in total. The fourth-order valence-electron chi connectivity index (χ4n) is 2.33. The van der Waals surface area contributed by atoms with Crippen LogP contribution in [-0.2, 0) is 11.3 Å². The first kappa shape index (κ1) is 17.7. The SMILES string of the molecule is COC(=O)c1cc(CNCC(CC(C)C)N(C)C)oc1C. The molecule has 0 bridgehead atoms. The molecule has 5 nitrogen and oxygen atoms in total. The zero-order valence-corrected chi connectivity index (χ0v) is 14.0. The van der Waals surface area contributed by atoms with Gasteiger partial charge in [0.25, 0.3) is 0 Å². The van der Waals surface area contributed by atoms with Gasteiger partial charge in [-0.2, -0.15) is 0 Å². The van der Waals surface area contributed by atoms with Gasteiger partial charge in [-0.25, -0.2) is 4.79 Å². The van der Waals surface area contributed by atoms with Crippen LogP contribution in [0.2, 0.25) is 0 Å². The van der Waals surface area contributed by atoms with Crippen molar-refractivity contribution in [1.29, 1.82) is 0 Å². The van der Waals surface area contributed by atoms with Crippen LogP contribution in [0.25, 0.3) is 0 Å². The topological polar surface area (TPSA) is 54.7 Å². The van der Waals surface area contributed by atoms with E-state index < -0.39 is 0 Å². The molecule has 0 aliphatic rings. The fourth-order valence-corrected chi connectivity index (χ4v) is 2.33. The van der Waals surface area contributed by atoms with Gasteiger partial charge in [-0.3, -0.25) is 0 Å². The van der Waals surface area contributed by atoms with Crippen molar-refractivity contribution in [1.82, 2.24) is 10.2 Å². The van der Waals surface area contributed by atoms with Crippen LogP contribution < -0.4 is 5.32 Å². The molecule has 1 rings (SSSR count).